The van der Waals surface area contributed by atoms with Gasteiger partial charge in [0.05, 0.1) is 12.4 Å². The van der Waals surface area contributed by atoms with Crippen molar-refractivity contribution in [2.24, 2.45) is 0 Å². The third-order valence-corrected chi connectivity index (χ3v) is 2.76. The van der Waals surface area contributed by atoms with Crippen molar-refractivity contribution in [2.45, 2.75) is 19.6 Å². The first kappa shape index (κ1) is 15.5. The number of nitrogens with one attached hydrogen (secondary N) is 1. The van der Waals surface area contributed by atoms with Gasteiger partial charge in [-0.2, -0.15) is 8.42 Å². The first-order chi connectivity index (χ1) is 8.87. The zero-order valence-corrected chi connectivity index (χ0v) is 11.6. The van der Waals surface area contributed by atoms with Crippen LogP contribution in [0.2, 0.25) is 0 Å². The van der Waals surface area contributed by atoms with Gasteiger partial charge in [0.25, 0.3) is 10.1 Å². The summed E-state index contributed by atoms with van der Waals surface area (Å²) in [7, 11) is -3.52. The van der Waals surface area contributed by atoms with Gasteiger partial charge in [-0.15, -0.1) is 0 Å². The summed E-state index contributed by atoms with van der Waals surface area (Å²) in [5, 5.41) is 2.42. The van der Waals surface area contributed by atoms with Crippen LogP contribution >= 0.6 is 0 Å². The number of carbonyl (C=O) groups is 1. The highest BCUT2D eigenvalue weighted by Crippen LogP contribution is 2.01. The van der Waals surface area contributed by atoms with E-state index in [2.05, 4.69) is 9.50 Å². The van der Waals surface area contributed by atoms with E-state index in [0.717, 1.165) is 11.8 Å². The molecule has 0 fully saturated rings. The SMILES string of the molecule is CC(CNC(=O)OCc1ccccc1)OS(C)(=O)=O. The molecule has 0 aliphatic heterocycles. The zero-order chi connectivity index (χ0) is 14.3. The number of hydrogen-bond acceptors (Lipinski definition) is 5. The number of carbonyl (C=O) groups excluding carboxylic acids is 1. The maximum absolute atomic E-state index is 11.3. The summed E-state index contributed by atoms with van der Waals surface area (Å²) >= 11 is 0. The van der Waals surface area contributed by atoms with Crippen LogP contribution in [0.15, 0.2) is 30.3 Å². The van der Waals surface area contributed by atoms with Gasteiger partial charge in [0, 0.05) is 6.54 Å². The number of amides is 1. The molecule has 0 bridgehead atoms. The highest BCUT2D eigenvalue weighted by atomic mass is 32.2. The summed E-state index contributed by atoms with van der Waals surface area (Å²) in [6.07, 6.45) is -0.302. The largest absolute Gasteiger partial charge is 0.445 e. The molecule has 106 valence electrons. The average Bonchev–Trinajstić information content (AvgIpc) is 2.33. The molecule has 0 saturated heterocycles. The van der Waals surface area contributed by atoms with Gasteiger partial charge in [0.2, 0.25) is 0 Å². The monoisotopic (exact) mass is 287 g/mol. The van der Waals surface area contributed by atoms with Gasteiger partial charge in [0.1, 0.15) is 6.61 Å². The van der Waals surface area contributed by atoms with Gasteiger partial charge in [-0.25, -0.2) is 4.79 Å². The predicted octanol–water partition coefficient (Wildman–Crippen LogP) is 1.28. The fourth-order valence-corrected chi connectivity index (χ4v) is 2.00. The second-order valence-corrected chi connectivity index (χ2v) is 5.65. The van der Waals surface area contributed by atoms with Crippen molar-refractivity contribution < 1.29 is 22.1 Å². The summed E-state index contributed by atoms with van der Waals surface area (Å²) in [6.45, 7) is 1.76. The molecule has 0 aliphatic rings. The van der Waals surface area contributed by atoms with Gasteiger partial charge in [-0.3, -0.25) is 4.18 Å². The molecule has 0 aromatic heterocycles. The third-order valence-electron chi connectivity index (χ3n) is 2.09. The molecule has 0 aliphatic carbocycles. The van der Waals surface area contributed by atoms with Crippen LogP contribution in [0.4, 0.5) is 4.79 Å². The maximum Gasteiger partial charge on any atom is 0.407 e. The van der Waals surface area contributed by atoms with E-state index >= 15 is 0 Å². The lowest BCUT2D eigenvalue weighted by atomic mass is 10.2. The Bertz CT molecular complexity index is 500. The Balaban J connectivity index is 2.25. The molecule has 1 unspecified atom stereocenters. The van der Waals surface area contributed by atoms with Crippen LogP contribution in [-0.2, 0) is 25.6 Å². The van der Waals surface area contributed by atoms with E-state index in [1.807, 2.05) is 30.3 Å². The predicted molar refractivity (Wildman–Crippen MR) is 70.0 cm³/mol. The zero-order valence-electron chi connectivity index (χ0n) is 10.8. The van der Waals surface area contributed by atoms with Gasteiger partial charge < -0.3 is 10.1 Å². The molecule has 0 radical (unpaired) electrons. The van der Waals surface area contributed by atoms with E-state index in [1.165, 1.54) is 0 Å². The van der Waals surface area contributed by atoms with Gasteiger partial charge >= 0.3 is 6.09 Å². The molecule has 6 nitrogen and oxygen atoms in total. The van der Waals surface area contributed by atoms with Crippen molar-refractivity contribution in [1.82, 2.24) is 5.32 Å². The van der Waals surface area contributed by atoms with Crippen molar-refractivity contribution in [3.05, 3.63) is 35.9 Å². The quantitative estimate of drug-likeness (QED) is 0.797. The number of ether oxygens (including phenoxy) is 1. The first-order valence-electron chi connectivity index (χ1n) is 5.69. The molecule has 0 heterocycles. The fourth-order valence-electron chi connectivity index (χ4n) is 1.33. The molecular weight excluding hydrogens is 270 g/mol. The molecule has 19 heavy (non-hydrogen) atoms. The van der Waals surface area contributed by atoms with Gasteiger partial charge in [0.15, 0.2) is 0 Å². The lowest BCUT2D eigenvalue weighted by Gasteiger charge is -2.12. The Morgan fingerprint density at radius 1 is 1.32 bits per heavy atom. The Hall–Kier alpha value is -1.60. The molecule has 1 aromatic carbocycles. The van der Waals surface area contributed by atoms with Crippen LogP contribution in [0.5, 0.6) is 0 Å². The highest BCUT2D eigenvalue weighted by Gasteiger charge is 2.11. The molecule has 7 heteroatoms. The van der Waals surface area contributed by atoms with Crippen molar-refractivity contribution >= 4 is 16.2 Å². The Morgan fingerprint density at radius 2 is 1.95 bits per heavy atom. The lowest BCUT2D eigenvalue weighted by Crippen LogP contribution is -2.33. The van der Waals surface area contributed by atoms with Crippen molar-refractivity contribution in [3.63, 3.8) is 0 Å². The van der Waals surface area contributed by atoms with E-state index in [-0.39, 0.29) is 13.2 Å². The molecule has 0 saturated carbocycles. The number of benzene rings is 1. The molecule has 0 spiro atoms. The standard InChI is InChI=1S/C12H17NO5S/c1-10(18-19(2,15)16)8-13-12(14)17-9-11-6-4-3-5-7-11/h3-7,10H,8-9H2,1-2H3,(H,13,14). The molecule has 1 rings (SSSR count). The Kier molecular flexibility index (Phi) is 5.78. The smallest absolute Gasteiger partial charge is 0.407 e. The summed E-state index contributed by atoms with van der Waals surface area (Å²) in [6, 6.07) is 9.23. The second-order valence-electron chi connectivity index (χ2n) is 4.05. The summed E-state index contributed by atoms with van der Waals surface area (Å²) in [5.41, 5.74) is 0.873. The summed E-state index contributed by atoms with van der Waals surface area (Å²) in [5.74, 6) is 0. The fraction of sp³-hybridized carbons (Fsp3) is 0.417. The van der Waals surface area contributed by atoms with Crippen LogP contribution < -0.4 is 5.32 Å². The minimum absolute atomic E-state index is 0.0562. The maximum atomic E-state index is 11.3. The van der Waals surface area contributed by atoms with Crippen molar-refractivity contribution in [2.75, 3.05) is 12.8 Å². The van der Waals surface area contributed by atoms with Crippen LogP contribution in [0.25, 0.3) is 0 Å². The van der Waals surface area contributed by atoms with E-state index in [9.17, 15) is 13.2 Å². The van der Waals surface area contributed by atoms with E-state index in [4.69, 9.17) is 4.74 Å². The Labute approximate surface area is 112 Å². The van der Waals surface area contributed by atoms with E-state index in [1.54, 1.807) is 6.92 Å². The number of alkyl carbamates (subject to hydrolysis) is 1. The summed E-state index contributed by atoms with van der Waals surface area (Å²) in [4.78, 5) is 11.3. The second kappa shape index (κ2) is 7.10. The molecule has 1 atom stereocenters. The average molecular weight is 287 g/mol. The minimum atomic E-state index is -3.52. The third kappa shape index (κ3) is 7.43. The number of hydrogen-bond donors (Lipinski definition) is 1. The Morgan fingerprint density at radius 3 is 2.53 bits per heavy atom. The van der Waals surface area contributed by atoms with Crippen LogP contribution in [-0.4, -0.2) is 33.4 Å². The molecule has 1 amide bonds. The number of rotatable bonds is 6. The van der Waals surface area contributed by atoms with Gasteiger partial charge in [-0.1, -0.05) is 30.3 Å². The van der Waals surface area contributed by atoms with Crippen LogP contribution in [0, 0.1) is 0 Å². The van der Waals surface area contributed by atoms with E-state index < -0.39 is 22.3 Å². The normalized spacial score (nSPS) is 12.7. The first-order valence-corrected chi connectivity index (χ1v) is 7.51. The summed E-state index contributed by atoms with van der Waals surface area (Å²) < 4.78 is 31.3. The van der Waals surface area contributed by atoms with E-state index in [0.29, 0.717) is 0 Å². The van der Waals surface area contributed by atoms with Gasteiger partial charge in [-0.05, 0) is 12.5 Å². The van der Waals surface area contributed by atoms with Crippen molar-refractivity contribution in [1.29, 1.82) is 0 Å². The van der Waals surface area contributed by atoms with Crippen LogP contribution in [0.3, 0.4) is 0 Å². The highest BCUT2D eigenvalue weighted by molar-refractivity contribution is 7.86. The topological polar surface area (TPSA) is 81.7 Å². The van der Waals surface area contributed by atoms with Crippen LogP contribution in [0.1, 0.15) is 12.5 Å². The molecule has 1 N–H and O–H groups in total. The minimum Gasteiger partial charge on any atom is -0.445 e. The molecular formula is C12H17NO5S. The molecule has 1 aromatic rings. The van der Waals surface area contributed by atoms with Crippen molar-refractivity contribution in [3.8, 4) is 0 Å². The lowest BCUT2D eigenvalue weighted by molar-refractivity contribution is 0.133.